The van der Waals surface area contributed by atoms with Crippen LogP contribution < -0.4 is 5.32 Å². The molecule has 0 unspecified atom stereocenters. The Bertz CT molecular complexity index is 1330. The molecule has 3 aromatic rings. The number of benzene rings is 2. The first-order valence-corrected chi connectivity index (χ1v) is 13.8. The monoisotopic (exact) mass is 509 g/mol. The van der Waals surface area contributed by atoms with Gasteiger partial charge >= 0.3 is 0 Å². The third-order valence-electron chi connectivity index (χ3n) is 8.71. The number of alkyl halides is 2. The maximum atomic E-state index is 15.5. The number of hydrogen-bond acceptors (Lipinski definition) is 3. The van der Waals surface area contributed by atoms with Crippen LogP contribution >= 0.6 is 0 Å². The summed E-state index contributed by atoms with van der Waals surface area (Å²) in [6, 6.07) is 6.01. The van der Waals surface area contributed by atoms with Gasteiger partial charge in [-0.05, 0) is 74.1 Å². The van der Waals surface area contributed by atoms with Gasteiger partial charge in [-0.15, -0.1) is 0 Å². The molecule has 2 aromatic carbocycles. The van der Waals surface area contributed by atoms with E-state index in [9.17, 15) is 8.78 Å². The van der Waals surface area contributed by atoms with Crippen LogP contribution in [0.15, 0.2) is 24.3 Å². The highest BCUT2D eigenvalue weighted by Gasteiger charge is 2.39. The van der Waals surface area contributed by atoms with Crippen LogP contribution in [0.4, 0.5) is 19.0 Å². The van der Waals surface area contributed by atoms with Crippen molar-refractivity contribution in [3.05, 3.63) is 63.7 Å². The van der Waals surface area contributed by atoms with Crippen LogP contribution in [0.25, 0.3) is 10.9 Å². The van der Waals surface area contributed by atoms with E-state index in [1.54, 1.807) is 13.0 Å². The lowest BCUT2D eigenvalue weighted by Crippen LogP contribution is -2.27. The van der Waals surface area contributed by atoms with Crippen molar-refractivity contribution in [2.24, 2.45) is 5.92 Å². The summed E-state index contributed by atoms with van der Waals surface area (Å²) in [6.07, 6.45) is 9.35. The Labute approximate surface area is 218 Å². The fourth-order valence-electron chi connectivity index (χ4n) is 6.47. The summed E-state index contributed by atoms with van der Waals surface area (Å²) in [4.78, 5) is 9.59. The van der Waals surface area contributed by atoms with E-state index >= 15 is 4.39 Å². The molecule has 198 valence electrons. The second-order valence-electron chi connectivity index (χ2n) is 11.7. The Kier molecular flexibility index (Phi) is 6.74. The molecule has 3 nitrogen and oxygen atoms in total. The van der Waals surface area contributed by atoms with Crippen molar-refractivity contribution in [2.75, 3.05) is 5.32 Å². The number of nitrogens with zero attached hydrogens (tertiary/aromatic N) is 2. The van der Waals surface area contributed by atoms with E-state index in [1.807, 2.05) is 6.92 Å². The molecule has 1 fully saturated rings. The fraction of sp³-hybridized carbons (Fsp3) is 0.548. The van der Waals surface area contributed by atoms with Crippen LogP contribution in [0, 0.1) is 18.7 Å². The van der Waals surface area contributed by atoms with E-state index in [1.165, 1.54) is 74.8 Å². The summed E-state index contributed by atoms with van der Waals surface area (Å²) in [6.45, 7) is 8.89. The third kappa shape index (κ3) is 4.51. The minimum atomic E-state index is -3.25. The second kappa shape index (κ2) is 9.59. The van der Waals surface area contributed by atoms with E-state index in [0.717, 1.165) is 30.2 Å². The second-order valence-corrected chi connectivity index (χ2v) is 11.7. The highest BCUT2D eigenvalue weighted by atomic mass is 19.3. The molecule has 1 aromatic heterocycles. The maximum absolute atomic E-state index is 15.5. The normalized spacial score (nSPS) is 18.3. The van der Waals surface area contributed by atoms with E-state index in [-0.39, 0.29) is 11.0 Å². The quantitative estimate of drug-likeness (QED) is 0.361. The standard InChI is InChI=1S/C31H38F3N3/c1-18(2)31(33,34)25-14-10-11-21(27(25)32)19(3)35-29-24-17-26(30(5)15-7-6-8-16-30)22-12-9-13-23(22)28(24)36-20(4)37-29/h10-11,14,17-19H,6-9,12-13,15-16H2,1-5H3,(H,35,36,37)/t19-/m1/s1. The van der Waals surface area contributed by atoms with Crippen molar-refractivity contribution >= 4 is 16.7 Å². The molecule has 1 saturated carbocycles. The molecule has 2 aliphatic rings. The lowest BCUT2D eigenvalue weighted by molar-refractivity contribution is -0.0545. The molecule has 0 radical (unpaired) electrons. The number of hydrogen-bond donors (Lipinski definition) is 1. The Hall–Kier alpha value is -2.63. The van der Waals surface area contributed by atoms with Gasteiger partial charge < -0.3 is 5.32 Å². The van der Waals surface area contributed by atoms with Crippen LogP contribution in [0.3, 0.4) is 0 Å². The van der Waals surface area contributed by atoms with Gasteiger partial charge in [-0.1, -0.05) is 58.2 Å². The van der Waals surface area contributed by atoms with E-state index < -0.39 is 29.3 Å². The van der Waals surface area contributed by atoms with Gasteiger partial charge in [0.25, 0.3) is 5.92 Å². The van der Waals surface area contributed by atoms with Crippen molar-refractivity contribution in [3.8, 4) is 0 Å². The first-order valence-electron chi connectivity index (χ1n) is 13.8. The largest absolute Gasteiger partial charge is 0.363 e. The van der Waals surface area contributed by atoms with Crippen LogP contribution in [0.2, 0.25) is 0 Å². The van der Waals surface area contributed by atoms with Crippen molar-refractivity contribution in [2.45, 2.75) is 103 Å². The van der Waals surface area contributed by atoms with Gasteiger partial charge in [0.15, 0.2) is 0 Å². The zero-order valence-electron chi connectivity index (χ0n) is 22.6. The number of nitrogens with one attached hydrogen (secondary N) is 1. The lowest BCUT2D eigenvalue weighted by Gasteiger charge is -2.36. The van der Waals surface area contributed by atoms with Gasteiger partial charge in [0.05, 0.1) is 17.1 Å². The average molecular weight is 510 g/mol. The van der Waals surface area contributed by atoms with Crippen molar-refractivity contribution in [3.63, 3.8) is 0 Å². The maximum Gasteiger partial charge on any atom is 0.278 e. The molecule has 0 aliphatic heterocycles. The van der Waals surface area contributed by atoms with E-state index in [4.69, 9.17) is 9.97 Å². The van der Waals surface area contributed by atoms with E-state index in [0.29, 0.717) is 11.6 Å². The lowest BCUT2D eigenvalue weighted by atomic mass is 9.69. The summed E-state index contributed by atoms with van der Waals surface area (Å²) < 4.78 is 45.0. The van der Waals surface area contributed by atoms with Gasteiger partial charge in [-0.2, -0.15) is 0 Å². The molecule has 0 bridgehead atoms. The molecule has 37 heavy (non-hydrogen) atoms. The smallest absolute Gasteiger partial charge is 0.278 e. The molecule has 0 amide bonds. The summed E-state index contributed by atoms with van der Waals surface area (Å²) in [7, 11) is 0. The molecule has 1 N–H and O–H groups in total. The number of rotatable bonds is 6. The molecular formula is C31H38F3N3. The molecule has 1 heterocycles. The molecule has 0 saturated heterocycles. The average Bonchev–Trinajstić information content (AvgIpc) is 3.34. The first-order chi connectivity index (χ1) is 17.5. The minimum absolute atomic E-state index is 0.136. The number of anilines is 1. The van der Waals surface area contributed by atoms with Crippen LogP contribution in [0.1, 0.15) is 106 Å². The fourth-order valence-corrected chi connectivity index (χ4v) is 6.47. The predicted molar refractivity (Wildman–Crippen MR) is 144 cm³/mol. The highest BCUT2D eigenvalue weighted by Crippen LogP contribution is 2.46. The van der Waals surface area contributed by atoms with Gasteiger partial charge in [0.1, 0.15) is 17.5 Å². The Morgan fingerprint density at radius 3 is 2.38 bits per heavy atom. The number of fused-ring (bicyclic) bond motifs is 3. The SMILES string of the molecule is Cc1nc(N[C@H](C)c2cccc(C(F)(F)C(C)C)c2F)c2cc(C3(C)CCCCC3)c3c(c2n1)CCC3. The third-order valence-corrected chi connectivity index (χ3v) is 8.71. The Morgan fingerprint density at radius 2 is 1.68 bits per heavy atom. The zero-order valence-corrected chi connectivity index (χ0v) is 22.6. The van der Waals surface area contributed by atoms with Crippen LogP contribution in [-0.2, 0) is 24.2 Å². The summed E-state index contributed by atoms with van der Waals surface area (Å²) in [5.74, 6) is -3.81. The first kappa shape index (κ1) is 26.0. The van der Waals surface area contributed by atoms with Crippen LogP contribution in [-0.4, -0.2) is 9.97 Å². The molecule has 1 atom stereocenters. The molecule has 0 spiro atoms. The molecule has 2 aliphatic carbocycles. The number of aromatic nitrogens is 2. The Balaban J connectivity index is 1.60. The highest BCUT2D eigenvalue weighted by molar-refractivity contribution is 5.93. The zero-order chi connectivity index (χ0) is 26.5. The summed E-state index contributed by atoms with van der Waals surface area (Å²) >= 11 is 0. The minimum Gasteiger partial charge on any atom is -0.363 e. The van der Waals surface area contributed by atoms with E-state index in [2.05, 4.69) is 18.3 Å². The van der Waals surface area contributed by atoms with Gasteiger partial charge in [0.2, 0.25) is 0 Å². The van der Waals surface area contributed by atoms with Gasteiger partial charge in [0, 0.05) is 16.9 Å². The molecule has 6 heteroatoms. The molecule has 5 rings (SSSR count). The summed E-state index contributed by atoms with van der Waals surface area (Å²) in [5, 5.41) is 4.34. The number of halogens is 3. The van der Waals surface area contributed by atoms with Gasteiger partial charge in [-0.3, -0.25) is 0 Å². The molecular weight excluding hydrogens is 471 g/mol. The predicted octanol–water partition coefficient (Wildman–Crippen LogP) is 8.71. The van der Waals surface area contributed by atoms with Crippen molar-refractivity contribution in [1.29, 1.82) is 0 Å². The number of aryl methyl sites for hydroxylation is 2. The van der Waals surface area contributed by atoms with Crippen molar-refractivity contribution < 1.29 is 13.2 Å². The van der Waals surface area contributed by atoms with Crippen molar-refractivity contribution in [1.82, 2.24) is 9.97 Å². The van der Waals surface area contributed by atoms with Gasteiger partial charge in [-0.25, -0.2) is 23.1 Å². The Morgan fingerprint density at radius 1 is 0.973 bits per heavy atom. The van der Waals surface area contributed by atoms with Crippen LogP contribution in [0.5, 0.6) is 0 Å². The summed E-state index contributed by atoms with van der Waals surface area (Å²) in [5.41, 5.74) is 4.97. The topological polar surface area (TPSA) is 37.8 Å².